The maximum Gasteiger partial charge on any atom is 0.307 e. The van der Waals surface area contributed by atoms with E-state index in [1.54, 1.807) is 31.4 Å². The molecule has 5 nitrogen and oxygen atoms in total. The molecule has 3 rings (SSSR count). The smallest absolute Gasteiger partial charge is 0.307 e. The predicted octanol–water partition coefficient (Wildman–Crippen LogP) is 4.06. The van der Waals surface area contributed by atoms with Crippen LogP contribution in [0, 0.1) is 6.92 Å². The number of carbonyl (C=O) groups is 1. The van der Waals surface area contributed by atoms with Gasteiger partial charge in [0.25, 0.3) is 0 Å². The quantitative estimate of drug-likeness (QED) is 0.561. The topological polar surface area (TPSA) is 69.7 Å². The van der Waals surface area contributed by atoms with Crippen molar-refractivity contribution in [2.24, 2.45) is 0 Å². The van der Waals surface area contributed by atoms with E-state index in [2.05, 4.69) is 0 Å². The second-order valence-corrected chi connectivity index (χ2v) is 8.70. The second kappa shape index (κ2) is 8.44. The molecule has 0 N–H and O–H groups in total. The number of esters is 1. The van der Waals surface area contributed by atoms with Crippen LogP contribution in [-0.4, -0.2) is 27.2 Å². The molecule has 0 aliphatic heterocycles. The first-order chi connectivity index (χ1) is 13.4. The fourth-order valence-corrected chi connectivity index (χ4v) is 4.03. The Labute approximate surface area is 164 Å². The fraction of sp³-hybridized carbons (Fsp3) is 0.227. The fourth-order valence-electron chi connectivity index (χ4n) is 2.81. The highest BCUT2D eigenvalue weighted by molar-refractivity contribution is 7.91. The normalized spacial score (nSPS) is 11.4. The van der Waals surface area contributed by atoms with E-state index in [-0.39, 0.29) is 23.7 Å². The van der Waals surface area contributed by atoms with E-state index >= 15 is 0 Å². The molecule has 0 aliphatic carbocycles. The SMILES string of the molecule is COc1ccc2cc(COC(=O)CCS(=O)(=O)c3ccc(C)cc3)ccc2c1. The number of rotatable bonds is 7. The summed E-state index contributed by atoms with van der Waals surface area (Å²) in [5.41, 5.74) is 1.82. The Morgan fingerprint density at radius 2 is 1.61 bits per heavy atom. The number of benzene rings is 3. The van der Waals surface area contributed by atoms with Crippen molar-refractivity contribution in [1.29, 1.82) is 0 Å². The van der Waals surface area contributed by atoms with Gasteiger partial charge in [-0.1, -0.05) is 35.9 Å². The first-order valence-electron chi connectivity index (χ1n) is 8.89. The molecule has 3 aromatic carbocycles. The van der Waals surface area contributed by atoms with E-state index in [9.17, 15) is 13.2 Å². The molecule has 0 saturated carbocycles. The van der Waals surface area contributed by atoms with Crippen LogP contribution in [0.4, 0.5) is 0 Å². The van der Waals surface area contributed by atoms with E-state index in [0.717, 1.165) is 27.6 Å². The van der Waals surface area contributed by atoms with E-state index in [4.69, 9.17) is 9.47 Å². The van der Waals surface area contributed by atoms with E-state index in [0.29, 0.717) is 0 Å². The Morgan fingerprint density at radius 1 is 0.929 bits per heavy atom. The van der Waals surface area contributed by atoms with E-state index < -0.39 is 15.8 Å². The summed E-state index contributed by atoms with van der Waals surface area (Å²) in [7, 11) is -1.88. The van der Waals surface area contributed by atoms with Gasteiger partial charge in [0, 0.05) is 0 Å². The lowest BCUT2D eigenvalue weighted by atomic mass is 10.1. The summed E-state index contributed by atoms with van der Waals surface area (Å²) < 4.78 is 35.1. The zero-order chi connectivity index (χ0) is 20.1. The minimum Gasteiger partial charge on any atom is -0.497 e. The molecular formula is C22H22O5S. The van der Waals surface area contributed by atoms with Gasteiger partial charge in [-0.05, 0) is 53.6 Å². The zero-order valence-corrected chi connectivity index (χ0v) is 16.7. The molecule has 0 spiro atoms. The molecule has 0 aromatic heterocycles. The monoisotopic (exact) mass is 398 g/mol. The summed E-state index contributed by atoms with van der Waals surface area (Å²) in [6.45, 7) is 1.99. The molecular weight excluding hydrogens is 376 g/mol. The summed E-state index contributed by atoms with van der Waals surface area (Å²) in [6, 6.07) is 18.1. The maximum atomic E-state index is 12.3. The van der Waals surface area contributed by atoms with Gasteiger partial charge < -0.3 is 9.47 Å². The minimum absolute atomic E-state index is 0.103. The first kappa shape index (κ1) is 19.9. The van der Waals surface area contributed by atoms with Crippen molar-refractivity contribution in [3.63, 3.8) is 0 Å². The standard InChI is InChI=1S/C22H22O5S/c1-16-3-9-21(10-4-16)28(24,25)12-11-22(23)27-15-17-5-6-19-14-20(26-2)8-7-18(19)13-17/h3-10,13-14H,11-12,15H2,1-2H3. The third-order valence-electron chi connectivity index (χ3n) is 4.47. The summed E-state index contributed by atoms with van der Waals surface area (Å²) in [5.74, 6) is -0.0288. The van der Waals surface area contributed by atoms with Crippen LogP contribution in [0.5, 0.6) is 5.75 Å². The Kier molecular flexibility index (Phi) is 5.99. The van der Waals surface area contributed by atoms with Crippen LogP contribution in [0.2, 0.25) is 0 Å². The summed E-state index contributed by atoms with van der Waals surface area (Å²) in [6.07, 6.45) is -0.180. The van der Waals surface area contributed by atoms with Crippen molar-refractivity contribution in [2.45, 2.75) is 24.8 Å². The summed E-state index contributed by atoms with van der Waals surface area (Å²) in [5, 5.41) is 2.04. The molecule has 0 aliphatic rings. The molecule has 0 heterocycles. The van der Waals surface area contributed by atoms with Crippen LogP contribution in [0.15, 0.2) is 65.6 Å². The lowest BCUT2D eigenvalue weighted by Gasteiger charge is -2.08. The van der Waals surface area contributed by atoms with Crippen molar-refractivity contribution in [3.8, 4) is 5.75 Å². The molecule has 6 heteroatoms. The molecule has 0 saturated heterocycles. The Hall–Kier alpha value is -2.86. The average Bonchev–Trinajstić information content (AvgIpc) is 2.70. The van der Waals surface area contributed by atoms with Crippen LogP contribution in [-0.2, 0) is 26.0 Å². The van der Waals surface area contributed by atoms with Crippen molar-refractivity contribution < 1.29 is 22.7 Å². The zero-order valence-electron chi connectivity index (χ0n) is 15.8. The molecule has 0 radical (unpaired) electrons. The summed E-state index contributed by atoms with van der Waals surface area (Å²) >= 11 is 0. The number of fused-ring (bicyclic) bond motifs is 1. The van der Waals surface area contributed by atoms with Gasteiger partial charge in [0.05, 0.1) is 24.2 Å². The van der Waals surface area contributed by atoms with E-state index in [1.165, 1.54) is 0 Å². The van der Waals surface area contributed by atoms with Gasteiger partial charge >= 0.3 is 5.97 Å². The third-order valence-corrected chi connectivity index (χ3v) is 6.20. The number of carbonyl (C=O) groups excluding carboxylic acids is 1. The van der Waals surface area contributed by atoms with Crippen molar-refractivity contribution in [2.75, 3.05) is 12.9 Å². The lowest BCUT2D eigenvalue weighted by molar-refractivity contribution is -0.144. The van der Waals surface area contributed by atoms with Gasteiger partial charge in [0.15, 0.2) is 9.84 Å². The number of ether oxygens (including phenoxy) is 2. The second-order valence-electron chi connectivity index (χ2n) is 6.59. The number of aryl methyl sites for hydroxylation is 1. The van der Waals surface area contributed by atoms with Gasteiger partial charge in [-0.25, -0.2) is 8.42 Å². The molecule has 146 valence electrons. The van der Waals surface area contributed by atoms with Gasteiger partial charge in [0.2, 0.25) is 0 Å². The number of hydrogen-bond acceptors (Lipinski definition) is 5. The highest BCUT2D eigenvalue weighted by Crippen LogP contribution is 2.22. The van der Waals surface area contributed by atoms with Crippen LogP contribution >= 0.6 is 0 Å². The van der Waals surface area contributed by atoms with Gasteiger partial charge in [-0.2, -0.15) is 0 Å². The Bertz CT molecular complexity index is 1090. The minimum atomic E-state index is -3.50. The van der Waals surface area contributed by atoms with E-state index in [1.807, 2.05) is 43.3 Å². The van der Waals surface area contributed by atoms with Crippen molar-refractivity contribution >= 4 is 26.6 Å². The highest BCUT2D eigenvalue weighted by atomic mass is 32.2. The largest absolute Gasteiger partial charge is 0.497 e. The highest BCUT2D eigenvalue weighted by Gasteiger charge is 2.17. The Balaban J connectivity index is 1.56. The van der Waals surface area contributed by atoms with Gasteiger partial charge in [-0.15, -0.1) is 0 Å². The van der Waals surface area contributed by atoms with Crippen molar-refractivity contribution in [3.05, 3.63) is 71.8 Å². The molecule has 0 amide bonds. The molecule has 28 heavy (non-hydrogen) atoms. The first-order valence-corrected chi connectivity index (χ1v) is 10.5. The molecule has 0 atom stereocenters. The molecule has 3 aromatic rings. The summed E-state index contributed by atoms with van der Waals surface area (Å²) in [4.78, 5) is 12.2. The molecule has 0 unspecified atom stereocenters. The van der Waals surface area contributed by atoms with Gasteiger partial charge in [0.1, 0.15) is 12.4 Å². The lowest BCUT2D eigenvalue weighted by Crippen LogP contribution is -2.13. The average molecular weight is 398 g/mol. The van der Waals surface area contributed by atoms with Crippen molar-refractivity contribution in [1.82, 2.24) is 0 Å². The number of sulfone groups is 1. The van der Waals surface area contributed by atoms with Crippen LogP contribution in [0.1, 0.15) is 17.5 Å². The van der Waals surface area contributed by atoms with Gasteiger partial charge in [-0.3, -0.25) is 4.79 Å². The maximum absolute atomic E-state index is 12.3. The predicted molar refractivity (Wildman–Crippen MR) is 108 cm³/mol. The Morgan fingerprint density at radius 3 is 2.32 bits per heavy atom. The molecule has 0 bridgehead atoms. The van der Waals surface area contributed by atoms with Crippen LogP contribution < -0.4 is 4.74 Å². The third kappa shape index (κ3) is 4.89. The van der Waals surface area contributed by atoms with Crippen LogP contribution in [0.3, 0.4) is 0 Å². The molecule has 0 fully saturated rings. The number of hydrogen-bond donors (Lipinski definition) is 0. The number of methoxy groups -OCH3 is 1. The van der Waals surface area contributed by atoms with Crippen LogP contribution in [0.25, 0.3) is 10.8 Å².